The third-order valence-corrected chi connectivity index (χ3v) is 5.93. The summed E-state index contributed by atoms with van der Waals surface area (Å²) in [4.78, 5) is 25.4. The van der Waals surface area contributed by atoms with E-state index in [1.807, 2.05) is 30.3 Å². The van der Waals surface area contributed by atoms with Crippen LogP contribution in [0.2, 0.25) is 0 Å². The van der Waals surface area contributed by atoms with Gasteiger partial charge in [0.1, 0.15) is 0 Å². The van der Waals surface area contributed by atoms with Crippen molar-refractivity contribution >= 4 is 33.6 Å². The highest BCUT2D eigenvalue weighted by Gasteiger charge is 2.34. The minimum atomic E-state index is -0.382. The van der Waals surface area contributed by atoms with Crippen molar-refractivity contribution in [3.05, 3.63) is 47.0 Å². The summed E-state index contributed by atoms with van der Waals surface area (Å²) in [6.07, 6.45) is 3.22. The molecule has 3 aromatic rings. The SMILES string of the molecule is O=C1NC(=O)c2c1c(COC1CCCCO1)cc1c2c2ccccc2n1CCCO. The zero-order chi connectivity index (χ0) is 20.7. The van der Waals surface area contributed by atoms with Gasteiger partial charge in [0, 0.05) is 36.0 Å². The van der Waals surface area contributed by atoms with Crippen molar-refractivity contribution in [3.8, 4) is 0 Å². The van der Waals surface area contributed by atoms with Gasteiger partial charge in [0.25, 0.3) is 11.8 Å². The van der Waals surface area contributed by atoms with Gasteiger partial charge in [-0.3, -0.25) is 14.9 Å². The third kappa shape index (κ3) is 3.10. The number of nitrogens with one attached hydrogen (secondary N) is 1. The molecular formula is C23H24N2O5. The smallest absolute Gasteiger partial charge is 0.259 e. The Hall–Kier alpha value is -2.74. The molecular weight excluding hydrogens is 384 g/mol. The zero-order valence-corrected chi connectivity index (χ0v) is 16.6. The third-order valence-electron chi connectivity index (χ3n) is 5.93. The molecule has 7 nitrogen and oxygen atoms in total. The first kappa shape index (κ1) is 19.2. The molecule has 1 fully saturated rings. The fourth-order valence-corrected chi connectivity index (χ4v) is 4.58. The summed E-state index contributed by atoms with van der Waals surface area (Å²) in [6, 6.07) is 9.80. The summed E-state index contributed by atoms with van der Waals surface area (Å²) in [5.74, 6) is -0.756. The number of aromatic nitrogens is 1. The molecule has 3 heterocycles. The average Bonchev–Trinajstić information content (AvgIpc) is 3.25. The first-order valence-electron chi connectivity index (χ1n) is 10.5. The summed E-state index contributed by atoms with van der Waals surface area (Å²) < 4.78 is 13.7. The second kappa shape index (κ2) is 7.83. The number of carbonyl (C=O) groups excluding carboxylic acids is 2. The molecule has 2 N–H and O–H groups in total. The molecule has 1 saturated heterocycles. The Kier molecular flexibility index (Phi) is 5.02. The number of para-hydroxylation sites is 1. The van der Waals surface area contributed by atoms with E-state index in [-0.39, 0.29) is 31.3 Å². The van der Waals surface area contributed by atoms with Crippen molar-refractivity contribution in [2.45, 2.75) is 45.1 Å². The van der Waals surface area contributed by atoms with Crippen LogP contribution in [0.5, 0.6) is 0 Å². The Morgan fingerprint density at radius 1 is 1.13 bits per heavy atom. The van der Waals surface area contributed by atoms with Crippen LogP contribution in [-0.2, 0) is 22.6 Å². The van der Waals surface area contributed by atoms with E-state index in [0.717, 1.165) is 41.1 Å². The van der Waals surface area contributed by atoms with Crippen molar-refractivity contribution in [1.29, 1.82) is 0 Å². The van der Waals surface area contributed by atoms with Crippen LogP contribution >= 0.6 is 0 Å². The van der Waals surface area contributed by atoms with Gasteiger partial charge < -0.3 is 19.1 Å². The minimum Gasteiger partial charge on any atom is -0.396 e. The van der Waals surface area contributed by atoms with Crippen LogP contribution < -0.4 is 5.32 Å². The van der Waals surface area contributed by atoms with E-state index in [9.17, 15) is 14.7 Å². The topological polar surface area (TPSA) is 89.8 Å². The molecule has 0 radical (unpaired) electrons. The number of aliphatic hydroxyl groups excluding tert-OH is 1. The lowest BCUT2D eigenvalue weighted by Crippen LogP contribution is -2.23. The second-order valence-electron chi connectivity index (χ2n) is 7.82. The number of ether oxygens (including phenoxy) is 2. The van der Waals surface area contributed by atoms with Crippen LogP contribution in [0.4, 0.5) is 0 Å². The van der Waals surface area contributed by atoms with Crippen molar-refractivity contribution in [2.24, 2.45) is 0 Å². The Bertz CT molecular complexity index is 1140. The number of aliphatic hydroxyl groups is 1. The number of aryl methyl sites for hydroxylation is 1. The average molecular weight is 408 g/mol. The number of hydrogen-bond donors (Lipinski definition) is 2. The predicted octanol–water partition coefficient (Wildman–Crippen LogP) is 3.10. The molecule has 0 saturated carbocycles. The number of imide groups is 1. The molecule has 2 aliphatic heterocycles. The molecule has 5 rings (SSSR count). The Morgan fingerprint density at radius 2 is 1.97 bits per heavy atom. The van der Waals surface area contributed by atoms with Gasteiger partial charge in [-0.25, -0.2) is 0 Å². The summed E-state index contributed by atoms with van der Waals surface area (Å²) in [5.41, 5.74) is 3.34. The Balaban J connectivity index is 1.69. The van der Waals surface area contributed by atoms with Crippen LogP contribution in [0.1, 0.15) is 52.0 Å². The highest BCUT2D eigenvalue weighted by Crippen LogP contribution is 2.37. The number of nitrogens with zero attached hydrogens (tertiary/aromatic N) is 1. The fraction of sp³-hybridized carbons (Fsp3) is 0.391. The number of benzene rings is 2. The maximum absolute atomic E-state index is 12.8. The molecule has 2 aliphatic rings. The molecule has 1 unspecified atom stereocenters. The normalized spacial score (nSPS) is 18.9. The van der Waals surface area contributed by atoms with Crippen molar-refractivity contribution in [2.75, 3.05) is 13.2 Å². The fourth-order valence-electron chi connectivity index (χ4n) is 4.58. The second-order valence-corrected chi connectivity index (χ2v) is 7.82. The van der Waals surface area contributed by atoms with E-state index in [4.69, 9.17) is 9.47 Å². The first-order chi connectivity index (χ1) is 14.7. The highest BCUT2D eigenvalue weighted by molar-refractivity contribution is 6.30. The molecule has 156 valence electrons. The molecule has 2 aromatic carbocycles. The van der Waals surface area contributed by atoms with E-state index in [2.05, 4.69) is 9.88 Å². The van der Waals surface area contributed by atoms with Gasteiger partial charge in [0.15, 0.2) is 6.29 Å². The number of amides is 2. The van der Waals surface area contributed by atoms with Gasteiger partial charge >= 0.3 is 0 Å². The van der Waals surface area contributed by atoms with Crippen molar-refractivity contribution in [3.63, 3.8) is 0 Å². The molecule has 0 aliphatic carbocycles. The van der Waals surface area contributed by atoms with E-state index >= 15 is 0 Å². The largest absolute Gasteiger partial charge is 0.396 e. The van der Waals surface area contributed by atoms with Gasteiger partial charge in [0.2, 0.25) is 0 Å². The monoisotopic (exact) mass is 408 g/mol. The molecule has 7 heteroatoms. The quantitative estimate of drug-likeness (QED) is 0.612. The maximum atomic E-state index is 12.8. The summed E-state index contributed by atoms with van der Waals surface area (Å²) in [5, 5.41) is 13.5. The lowest BCUT2D eigenvalue weighted by molar-refractivity contribution is -0.168. The van der Waals surface area contributed by atoms with Crippen LogP contribution in [-0.4, -0.2) is 41.0 Å². The Morgan fingerprint density at radius 3 is 2.77 bits per heavy atom. The van der Waals surface area contributed by atoms with Gasteiger partial charge in [0.05, 0.1) is 23.3 Å². The molecule has 1 atom stereocenters. The molecule has 0 spiro atoms. The summed E-state index contributed by atoms with van der Waals surface area (Å²) in [6.45, 7) is 1.56. The summed E-state index contributed by atoms with van der Waals surface area (Å²) >= 11 is 0. The number of fused-ring (bicyclic) bond motifs is 5. The first-order valence-corrected chi connectivity index (χ1v) is 10.5. The zero-order valence-electron chi connectivity index (χ0n) is 16.6. The van der Waals surface area contributed by atoms with E-state index in [1.54, 1.807) is 0 Å². The minimum absolute atomic E-state index is 0.0763. The van der Waals surface area contributed by atoms with Gasteiger partial charge in [-0.2, -0.15) is 0 Å². The highest BCUT2D eigenvalue weighted by atomic mass is 16.7. The van der Waals surface area contributed by atoms with E-state index in [1.165, 1.54) is 0 Å². The van der Waals surface area contributed by atoms with Gasteiger partial charge in [-0.15, -0.1) is 0 Å². The molecule has 2 amide bonds. The Labute approximate surface area is 173 Å². The summed E-state index contributed by atoms with van der Waals surface area (Å²) in [7, 11) is 0. The van der Waals surface area contributed by atoms with Crippen molar-refractivity contribution in [1.82, 2.24) is 9.88 Å². The standard InChI is InChI=1S/C23H24N2O5/c26-10-5-9-25-16-7-2-1-6-15(16)20-17(25)12-14(13-30-18-8-3-4-11-29-18)19-21(20)23(28)24-22(19)27/h1-2,6-7,12,18,26H,3-5,8-11,13H2,(H,24,27,28). The number of rotatable bonds is 6. The molecule has 0 bridgehead atoms. The van der Waals surface area contributed by atoms with Crippen LogP contribution in [0.15, 0.2) is 30.3 Å². The van der Waals surface area contributed by atoms with Gasteiger partial charge in [-0.1, -0.05) is 18.2 Å². The van der Waals surface area contributed by atoms with Crippen LogP contribution in [0.3, 0.4) is 0 Å². The lowest BCUT2D eigenvalue weighted by atomic mass is 9.97. The molecule has 30 heavy (non-hydrogen) atoms. The van der Waals surface area contributed by atoms with E-state index < -0.39 is 0 Å². The van der Waals surface area contributed by atoms with Crippen molar-refractivity contribution < 1.29 is 24.2 Å². The van der Waals surface area contributed by atoms with Crippen LogP contribution in [0.25, 0.3) is 21.8 Å². The maximum Gasteiger partial charge on any atom is 0.259 e. The molecule has 1 aromatic heterocycles. The van der Waals surface area contributed by atoms with E-state index in [0.29, 0.717) is 36.3 Å². The lowest BCUT2D eigenvalue weighted by Gasteiger charge is -2.23. The van der Waals surface area contributed by atoms with Gasteiger partial charge in [-0.05, 0) is 43.4 Å². The number of carbonyl (C=O) groups is 2. The van der Waals surface area contributed by atoms with Crippen LogP contribution in [0, 0.1) is 0 Å². The number of hydrogen-bond acceptors (Lipinski definition) is 5. The predicted molar refractivity (Wildman–Crippen MR) is 111 cm³/mol.